The van der Waals surface area contributed by atoms with Crippen LogP contribution in [-0.4, -0.2) is 0 Å². The number of rotatable bonds is 8. The quantitative estimate of drug-likeness (QED) is 0.503. The molecule has 1 aromatic carbocycles. The average Bonchev–Trinajstić information content (AvgIpc) is 2.38. The number of hydrogen-bond donors (Lipinski definition) is 0. The van der Waals surface area contributed by atoms with Gasteiger partial charge in [0, 0.05) is 0 Å². The van der Waals surface area contributed by atoms with Gasteiger partial charge in [-0.05, 0) is 36.3 Å². The SMILES string of the molecule is CCCCCCCc1ccc(C(C)CC)cc1. The maximum Gasteiger partial charge on any atom is -0.0193 e. The molecule has 0 aromatic heterocycles. The van der Waals surface area contributed by atoms with Crippen LogP contribution in [0.3, 0.4) is 0 Å². The fraction of sp³-hybridized carbons (Fsp3) is 0.647. The number of hydrogen-bond acceptors (Lipinski definition) is 0. The van der Waals surface area contributed by atoms with E-state index in [1.807, 2.05) is 0 Å². The molecule has 0 heteroatoms. The first-order valence-corrected chi connectivity index (χ1v) is 7.36. The van der Waals surface area contributed by atoms with Crippen molar-refractivity contribution in [3.63, 3.8) is 0 Å². The minimum absolute atomic E-state index is 0.702. The Bertz CT molecular complexity index is 283. The van der Waals surface area contributed by atoms with Gasteiger partial charge in [0.2, 0.25) is 0 Å². The third-order valence-corrected chi connectivity index (χ3v) is 3.73. The van der Waals surface area contributed by atoms with E-state index < -0.39 is 0 Å². The van der Waals surface area contributed by atoms with Crippen molar-refractivity contribution in [3.8, 4) is 0 Å². The smallest absolute Gasteiger partial charge is 0.0193 e. The third-order valence-electron chi connectivity index (χ3n) is 3.73. The predicted molar refractivity (Wildman–Crippen MR) is 77.6 cm³/mol. The fourth-order valence-electron chi connectivity index (χ4n) is 2.18. The monoisotopic (exact) mass is 232 g/mol. The molecule has 17 heavy (non-hydrogen) atoms. The summed E-state index contributed by atoms with van der Waals surface area (Å²) in [6.45, 7) is 6.83. The molecule has 0 radical (unpaired) electrons. The molecular formula is C17H28. The van der Waals surface area contributed by atoms with Crippen LogP contribution in [0.2, 0.25) is 0 Å². The Kier molecular flexibility index (Phi) is 7.00. The highest BCUT2D eigenvalue weighted by molar-refractivity contribution is 5.25. The first kappa shape index (κ1) is 14.3. The lowest BCUT2D eigenvalue weighted by molar-refractivity contribution is 0.632. The normalized spacial score (nSPS) is 12.6. The average molecular weight is 232 g/mol. The summed E-state index contributed by atoms with van der Waals surface area (Å²) in [7, 11) is 0. The fourth-order valence-corrected chi connectivity index (χ4v) is 2.18. The molecule has 0 aliphatic rings. The van der Waals surface area contributed by atoms with Gasteiger partial charge in [-0.15, -0.1) is 0 Å². The van der Waals surface area contributed by atoms with Gasteiger partial charge in [-0.3, -0.25) is 0 Å². The van der Waals surface area contributed by atoms with Gasteiger partial charge in [-0.1, -0.05) is 70.7 Å². The maximum atomic E-state index is 2.32. The van der Waals surface area contributed by atoms with Crippen molar-refractivity contribution >= 4 is 0 Å². The van der Waals surface area contributed by atoms with Crippen molar-refractivity contribution in [2.45, 2.75) is 71.6 Å². The topological polar surface area (TPSA) is 0 Å². The Labute approximate surface area is 107 Å². The minimum Gasteiger partial charge on any atom is -0.0654 e. The molecular weight excluding hydrogens is 204 g/mol. The van der Waals surface area contributed by atoms with Crippen LogP contribution in [0.4, 0.5) is 0 Å². The number of unbranched alkanes of at least 4 members (excludes halogenated alkanes) is 4. The second kappa shape index (κ2) is 8.33. The van der Waals surface area contributed by atoms with Crippen LogP contribution < -0.4 is 0 Å². The van der Waals surface area contributed by atoms with Gasteiger partial charge in [-0.2, -0.15) is 0 Å². The molecule has 0 fully saturated rings. The third kappa shape index (κ3) is 5.39. The Hall–Kier alpha value is -0.780. The highest BCUT2D eigenvalue weighted by atomic mass is 14.1. The molecule has 0 amide bonds. The summed E-state index contributed by atoms with van der Waals surface area (Å²) in [5.41, 5.74) is 3.00. The van der Waals surface area contributed by atoms with E-state index in [0.717, 1.165) is 0 Å². The summed E-state index contributed by atoms with van der Waals surface area (Å²) >= 11 is 0. The minimum atomic E-state index is 0.702. The first-order valence-electron chi connectivity index (χ1n) is 7.36. The van der Waals surface area contributed by atoms with E-state index in [1.165, 1.54) is 56.1 Å². The van der Waals surface area contributed by atoms with Crippen molar-refractivity contribution in [3.05, 3.63) is 35.4 Å². The van der Waals surface area contributed by atoms with E-state index in [2.05, 4.69) is 45.0 Å². The van der Waals surface area contributed by atoms with E-state index in [1.54, 1.807) is 0 Å². The van der Waals surface area contributed by atoms with Gasteiger partial charge in [0.1, 0.15) is 0 Å². The van der Waals surface area contributed by atoms with Crippen molar-refractivity contribution in [2.75, 3.05) is 0 Å². The second-order valence-corrected chi connectivity index (χ2v) is 5.22. The Morgan fingerprint density at radius 2 is 1.53 bits per heavy atom. The van der Waals surface area contributed by atoms with Crippen molar-refractivity contribution in [2.24, 2.45) is 0 Å². The largest absolute Gasteiger partial charge is 0.0654 e. The molecule has 0 bridgehead atoms. The lowest BCUT2D eigenvalue weighted by atomic mass is 9.96. The molecule has 1 rings (SSSR count). The van der Waals surface area contributed by atoms with Crippen LogP contribution in [0, 0.1) is 0 Å². The van der Waals surface area contributed by atoms with Gasteiger partial charge in [0.25, 0.3) is 0 Å². The highest BCUT2D eigenvalue weighted by Gasteiger charge is 2.02. The van der Waals surface area contributed by atoms with E-state index in [-0.39, 0.29) is 0 Å². The predicted octanol–water partition coefficient (Wildman–Crippen LogP) is 5.71. The van der Waals surface area contributed by atoms with Crippen molar-refractivity contribution in [1.29, 1.82) is 0 Å². The number of benzene rings is 1. The van der Waals surface area contributed by atoms with E-state index >= 15 is 0 Å². The Morgan fingerprint density at radius 3 is 2.12 bits per heavy atom. The van der Waals surface area contributed by atoms with Gasteiger partial charge in [-0.25, -0.2) is 0 Å². The molecule has 0 heterocycles. The lowest BCUT2D eigenvalue weighted by Crippen LogP contribution is -1.92. The van der Waals surface area contributed by atoms with Crippen LogP contribution in [0.5, 0.6) is 0 Å². The first-order chi connectivity index (χ1) is 8.27. The molecule has 1 aromatic rings. The molecule has 96 valence electrons. The molecule has 0 saturated heterocycles. The summed E-state index contributed by atoms with van der Waals surface area (Å²) in [5, 5.41) is 0. The van der Waals surface area contributed by atoms with Crippen LogP contribution in [0.25, 0.3) is 0 Å². The number of aryl methyl sites for hydroxylation is 1. The Balaban J connectivity index is 2.30. The van der Waals surface area contributed by atoms with Crippen LogP contribution in [0.1, 0.15) is 76.3 Å². The van der Waals surface area contributed by atoms with Crippen molar-refractivity contribution < 1.29 is 0 Å². The van der Waals surface area contributed by atoms with E-state index in [0.29, 0.717) is 5.92 Å². The molecule has 0 nitrogen and oxygen atoms in total. The molecule has 0 N–H and O–H groups in total. The van der Waals surface area contributed by atoms with Crippen molar-refractivity contribution in [1.82, 2.24) is 0 Å². The molecule has 1 atom stereocenters. The summed E-state index contributed by atoms with van der Waals surface area (Å²) in [6, 6.07) is 9.27. The van der Waals surface area contributed by atoms with E-state index in [9.17, 15) is 0 Å². The van der Waals surface area contributed by atoms with Gasteiger partial charge in [0.05, 0.1) is 0 Å². The maximum absolute atomic E-state index is 2.32. The van der Waals surface area contributed by atoms with Gasteiger partial charge in [0.15, 0.2) is 0 Å². The van der Waals surface area contributed by atoms with Gasteiger partial charge >= 0.3 is 0 Å². The van der Waals surface area contributed by atoms with E-state index in [4.69, 9.17) is 0 Å². The van der Waals surface area contributed by atoms with Crippen LogP contribution in [-0.2, 0) is 6.42 Å². The summed E-state index contributed by atoms with van der Waals surface area (Å²) in [5.74, 6) is 0.702. The standard InChI is InChI=1S/C17H28/c1-4-6-7-8-9-10-16-11-13-17(14-12-16)15(3)5-2/h11-15H,4-10H2,1-3H3. The molecule has 0 saturated carbocycles. The molecule has 0 spiro atoms. The second-order valence-electron chi connectivity index (χ2n) is 5.22. The zero-order chi connectivity index (χ0) is 12.5. The van der Waals surface area contributed by atoms with Crippen LogP contribution in [0.15, 0.2) is 24.3 Å². The molecule has 1 unspecified atom stereocenters. The molecule has 0 aliphatic carbocycles. The van der Waals surface area contributed by atoms with Crippen LogP contribution >= 0.6 is 0 Å². The lowest BCUT2D eigenvalue weighted by Gasteiger charge is -2.09. The zero-order valence-electron chi connectivity index (χ0n) is 11.8. The highest BCUT2D eigenvalue weighted by Crippen LogP contribution is 2.19. The molecule has 0 aliphatic heterocycles. The summed E-state index contributed by atoms with van der Waals surface area (Å²) in [6.07, 6.45) is 9.36. The van der Waals surface area contributed by atoms with Gasteiger partial charge < -0.3 is 0 Å². The summed E-state index contributed by atoms with van der Waals surface area (Å²) < 4.78 is 0. The zero-order valence-corrected chi connectivity index (χ0v) is 11.8. The Morgan fingerprint density at radius 1 is 0.882 bits per heavy atom. The summed E-state index contributed by atoms with van der Waals surface area (Å²) in [4.78, 5) is 0.